The van der Waals surface area contributed by atoms with E-state index in [4.69, 9.17) is 0 Å². The first-order valence-electron chi connectivity index (χ1n) is 5.86. The van der Waals surface area contributed by atoms with Crippen molar-refractivity contribution in [3.8, 4) is 0 Å². The van der Waals surface area contributed by atoms with Crippen molar-refractivity contribution in [2.24, 2.45) is 5.92 Å². The summed E-state index contributed by atoms with van der Waals surface area (Å²) in [5, 5.41) is 5.29. The molecule has 1 aliphatic rings. The van der Waals surface area contributed by atoms with Gasteiger partial charge in [0, 0.05) is 18.7 Å². The van der Waals surface area contributed by atoms with Crippen molar-refractivity contribution in [2.75, 3.05) is 19.0 Å². The maximum absolute atomic E-state index is 11.9. The first-order valence-corrected chi connectivity index (χ1v) is 5.86. The summed E-state index contributed by atoms with van der Waals surface area (Å²) in [4.78, 5) is 34.3. The van der Waals surface area contributed by atoms with E-state index in [1.54, 1.807) is 18.2 Å². The zero-order valence-corrected chi connectivity index (χ0v) is 10.4. The van der Waals surface area contributed by atoms with E-state index < -0.39 is 5.97 Å². The van der Waals surface area contributed by atoms with Crippen LogP contribution in [0, 0.1) is 5.92 Å². The Hall–Kier alpha value is -2.37. The molecule has 0 spiro atoms. The minimum absolute atomic E-state index is 0.122. The molecule has 1 fully saturated rings. The van der Waals surface area contributed by atoms with Crippen LogP contribution in [-0.4, -0.2) is 31.4 Å². The molecule has 1 saturated heterocycles. The molecule has 100 valence electrons. The van der Waals surface area contributed by atoms with E-state index in [-0.39, 0.29) is 24.2 Å². The Morgan fingerprint density at radius 2 is 2.21 bits per heavy atom. The van der Waals surface area contributed by atoms with Gasteiger partial charge in [-0.25, -0.2) is 4.79 Å². The molecule has 2 amide bonds. The molecule has 1 atom stereocenters. The van der Waals surface area contributed by atoms with E-state index >= 15 is 0 Å². The quantitative estimate of drug-likeness (QED) is 0.779. The standard InChI is InChI=1S/C13H14N2O4/c1-19-13(18)8-3-2-4-10(5-8)15-12(17)9-6-11(16)14-7-9/h2-5,9H,6-7H2,1H3,(H,14,16)(H,15,17). The Morgan fingerprint density at radius 3 is 2.84 bits per heavy atom. The van der Waals surface area contributed by atoms with Crippen molar-refractivity contribution in [1.82, 2.24) is 5.32 Å². The number of esters is 1. The largest absolute Gasteiger partial charge is 0.465 e. The number of methoxy groups -OCH3 is 1. The lowest BCUT2D eigenvalue weighted by molar-refractivity contribution is -0.123. The molecule has 0 bridgehead atoms. The molecular formula is C13H14N2O4. The normalized spacial score (nSPS) is 17.7. The van der Waals surface area contributed by atoms with E-state index in [9.17, 15) is 14.4 Å². The summed E-state index contributed by atoms with van der Waals surface area (Å²) in [6.07, 6.45) is 0.197. The molecule has 0 aliphatic carbocycles. The predicted molar refractivity (Wildman–Crippen MR) is 67.5 cm³/mol. The summed E-state index contributed by atoms with van der Waals surface area (Å²) in [5.41, 5.74) is 0.869. The smallest absolute Gasteiger partial charge is 0.337 e. The second-order valence-electron chi connectivity index (χ2n) is 4.27. The van der Waals surface area contributed by atoms with Crippen LogP contribution in [0.15, 0.2) is 24.3 Å². The molecule has 2 rings (SSSR count). The first kappa shape index (κ1) is 13.1. The predicted octanol–water partition coefficient (Wildman–Crippen LogP) is 0.548. The lowest BCUT2D eigenvalue weighted by Crippen LogP contribution is -2.24. The molecule has 1 aliphatic heterocycles. The molecule has 6 nitrogen and oxygen atoms in total. The average Bonchev–Trinajstić information content (AvgIpc) is 2.85. The summed E-state index contributed by atoms with van der Waals surface area (Å²) in [5.74, 6) is -1.19. The van der Waals surface area contributed by atoms with Crippen LogP contribution in [-0.2, 0) is 14.3 Å². The Kier molecular flexibility index (Phi) is 3.79. The topological polar surface area (TPSA) is 84.5 Å². The molecule has 6 heteroatoms. The number of rotatable bonds is 3. The van der Waals surface area contributed by atoms with Gasteiger partial charge in [0.25, 0.3) is 0 Å². The average molecular weight is 262 g/mol. The SMILES string of the molecule is COC(=O)c1cccc(NC(=O)C2CNC(=O)C2)c1. The zero-order valence-electron chi connectivity index (χ0n) is 10.4. The highest BCUT2D eigenvalue weighted by molar-refractivity contribution is 5.98. The number of carbonyl (C=O) groups excluding carboxylic acids is 3. The molecule has 2 N–H and O–H groups in total. The van der Waals surface area contributed by atoms with Gasteiger partial charge in [0.1, 0.15) is 0 Å². The number of anilines is 1. The van der Waals surface area contributed by atoms with E-state index in [0.29, 0.717) is 17.8 Å². The van der Waals surface area contributed by atoms with E-state index in [1.165, 1.54) is 13.2 Å². The van der Waals surface area contributed by atoms with Crippen LogP contribution < -0.4 is 10.6 Å². The number of nitrogens with one attached hydrogen (secondary N) is 2. The molecule has 1 heterocycles. The number of ether oxygens (including phenoxy) is 1. The van der Waals surface area contributed by atoms with Gasteiger partial charge in [-0.1, -0.05) is 6.07 Å². The van der Waals surface area contributed by atoms with Crippen molar-refractivity contribution < 1.29 is 19.1 Å². The third-order valence-electron chi connectivity index (χ3n) is 2.90. The lowest BCUT2D eigenvalue weighted by Gasteiger charge is -2.09. The molecule has 0 aromatic heterocycles. The molecular weight excluding hydrogens is 248 g/mol. The second-order valence-corrected chi connectivity index (χ2v) is 4.27. The fourth-order valence-corrected chi connectivity index (χ4v) is 1.88. The number of carbonyl (C=O) groups is 3. The summed E-state index contributed by atoms with van der Waals surface area (Å²) >= 11 is 0. The molecule has 1 aromatic carbocycles. The summed E-state index contributed by atoms with van der Waals surface area (Å²) in [6.45, 7) is 0.349. The minimum Gasteiger partial charge on any atom is -0.465 e. The van der Waals surface area contributed by atoms with Crippen LogP contribution >= 0.6 is 0 Å². The molecule has 1 unspecified atom stereocenters. The van der Waals surface area contributed by atoms with Gasteiger partial charge in [0.15, 0.2) is 0 Å². The second kappa shape index (κ2) is 5.51. The van der Waals surface area contributed by atoms with Gasteiger partial charge in [-0.15, -0.1) is 0 Å². The summed E-state index contributed by atoms with van der Waals surface area (Å²) in [7, 11) is 1.30. The minimum atomic E-state index is -0.464. The summed E-state index contributed by atoms with van der Waals surface area (Å²) < 4.78 is 4.60. The van der Waals surface area contributed by atoms with Crippen LogP contribution in [0.5, 0.6) is 0 Å². The van der Waals surface area contributed by atoms with Gasteiger partial charge in [-0.2, -0.15) is 0 Å². The number of amides is 2. The zero-order chi connectivity index (χ0) is 13.8. The van der Waals surface area contributed by atoms with Crippen molar-refractivity contribution >= 4 is 23.5 Å². The Bertz CT molecular complexity index is 527. The van der Waals surface area contributed by atoms with Crippen LogP contribution in [0.4, 0.5) is 5.69 Å². The highest BCUT2D eigenvalue weighted by Crippen LogP contribution is 2.15. The number of hydrogen-bond donors (Lipinski definition) is 2. The van der Waals surface area contributed by atoms with Gasteiger partial charge < -0.3 is 15.4 Å². The monoisotopic (exact) mass is 262 g/mol. The third kappa shape index (κ3) is 3.09. The van der Waals surface area contributed by atoms with Gasteiger partial charge in [0.2, 0.25) is 11.8 Å². The van der Waals surface area contributed by atoms with Crippen molar-refractivity contribution in [3.63, 3.8) is 0 Å². The fraction of sp³-hybridized carbons (Fsp3) is 0.308. The van der Waals surface area contributed by atoms with E-state index in [0.717, 1.165) is 0 Å². The van der Waals surface area contributed by atoms with E-state index in [2.05, 4.69) is 15.4 Å². The maximum atomic E-state index is 11.9. The van der Waals surface area contributed by atoms with Crippen LogP contribution in [0.2, 0.25) is 0 Å². The number of benzene rings is 1. The van der Waals surface area contributed by atoms with Gasteiger partial charge in [-0.3, -0.25) is 9.59 Å². The highest BCUT2D eigenvalue weighted by Gasteiger charge is 2.27. The molecule has 1 aromatic rings. The Balaban J connectivity index is 2.04. The molecule has 0 radical (unpaired) electrons. The van der Waals surface area contributed by atoms with Crippen molar-refractivity contribution in [2.45, 2.75) is 6.42 Å². The maximum Gasteiger partial charge on any atom is 0.337 e. The summed E-state index contributed by atoms with van der Waals surface area (Å²) in [6, 6.07) is 6.46. The Labute approximate surface area is 110 Å². The van der Waals surface area contributed by atoms with E-state index in [1.807, 2.05) is 0 Å². The third-order valence-corrected chi connectivity index (χ3v) is 2.90. The van der Waals surface area contributed by atoms with Crippen LogP contribution in [0.25, 0.3) is 0 Å². The van der Waals surface area contributed by atoms with Crippen molar-refractivity contribution in [1.29, 1.82) is 0 Å². The first-order chi connectivity index (χ1) is 9.10. The molecule has 0 saturated carbocycles. The molecule has 19 heavy (non-hydrogen) atoms. The highest BCUT2D eigenvalue weighted by atomic mass is 16.5. The van der Waals surface area contributed by atoms with Gasteiger partial charge >= 0.3 is 5.97 Å². The van der Waals surface area contributed by atoms with Crippen molar-refractivity contribution in [3.05, 3.63) is 29.8 Å². The Morgan fingerprint density at radius 1 is 1.42 bits per heavy atom. The lowest BCUT2D eigenvalue weighted by atomic mass is 10.1. The number of hydrogen-bond acceptors (Lipinski definition) is 4. The fourth-order valence-electron chi connectivity index (χ4n) is 1.88. The van der Waals surface area contributed by atoms with Crippen LogP contribution in [0.1, 0.15) is 16.8 Å². The van der Waals surface area contributed by atoms with Gasteiger partial charge in [-0.05, 0) is 18.2 Å². The van der Waals surface area contributed by atoms with Crippen LogP contribution in [0.3, 0.4) is 0 Å². The van der Waals surface area contributed by atoms with Gasteiger partial charge in [0.05, 0.1) is 18.6 Å².